The maximum Gasteiger partial charge on any atom is 1.00 e. The Hall–Kier alpha value is 2.49. The number of aromatic nitrogens is 4. The zero-order chi connectivity index (χ0) is 20.0. The molecule has 1 saturated heterocycles. The zero-order valence-corrected chi connectivity index (χ0v) is 26.8. The Labute approximate surface area is 263 Å². The van der Waals surface area contributed by atoms with E-state index in [2.05, 4.69) is 24.0 Å². The predicted octanol–water partition coefficient (Wildman–Crippen LogP) is -16.3. The first kappa shape index (κ1) is 35.7. The van der Waals surface area contributed by atoms with Crippen molar-refractivity contribution in [1.29, 1.82) is 0 Å². The minimum Gasteiger partial charge on any atom is -0.790 e. The number of aliphatic hydroxyl groups is 1. The normalized spacial score (nSPS) is 23.3. The summed E-state index contributed by atoms with van der Waals surface area (Å²) in [6, 6.07) is 0. The summed E-state index contributed by atoms with van der Waals surface area (Å²) in [7, 11) is -11.0. The SMILES string of the molecule is Nc1ncnc2c1ncn2[C@@H]1O[C@H](COP(=O)([O-])[O-])[C@@H](O)[C@H]1OP(=O)([O-])[O-].[Na+].[Na+].[Na+].[Na+]. The molecule has 0 amide bonds. The van der Waals surface area contributed by atoms with E-state index >= 15 is 0 Å². The Morgan fingerprint density at radius 3 is 2.26 bits per heavy atom. The van der Waals surface area contributed by atoms with Gasteiger partial charge in [0.2, 0.25) is 0 Å². The standard InChI is InChI=1S/C10H15N5O10P2.4Na/c11-8-5-9(13-2-12-8)15(3-14-5)10-7(25-27(20,21)22)6(16)4(24-10)1-23-26(17,18)19;;;;/h2-4,6-7,10,16H,1H2,(H2,11,12,13)(H2,17,18,19)(H2,20,21,22);;;;/q;4*+1/p-4/t4-,6-,7-,10-;;;;/m1..../s1. The van der Waals surface area contributed by atoms with Gasteiger partial charge in [0.25, 0.3) is 0 Å². The van der Waals surface area contributed by atoms with Gasteiger partial charge >= 0.3 is 118 Å². The van der Waals surface area contributed by atoms with Gasteiger partial charge in [-0.25, -0.2) is 15.0 Å². The maximum atomic E-state index is 11.0. The predicted molar refractivity (Wildman–Crippen MR) is 75.7 cm³/mol. The second kappa shape index (κ2) is 14.3. The van der Waals surface area contributed by atoms with Gasteiger partial charge in [-0.05, 0) is 0 Å². The molecule has 0 spiro atoms. The van der Waals surface area contributed by atoms with Crippen LogP contribution in [0.1, 0.15) is 6.23 Å². The van der Waals surface area contributed by atoms with Crippen LogP contribution in [-0.4, -0.2) is 49.5 Å². The average molecular weight is 515 g/mol. The van der Waals surface area contributed by atoms with Crippen LogP contribution in [0.3, 0.4) is 0 Å². The number of hydrogen-bond acceptors (Lipinski definition) is 14. The Kier molecular flexibility index (Phi) is 16.4. The number of fused-ring (bicyclic) bond motifs is 1. The number of anilines is 1. The summed E-state index contributed by atoms with van der Waals surface area (Å²) < 4.78 is 36.5. The Morgan fingerprint density at radius 1 is 1.10 bits per heavy atom. The topological polar surface area (TPSA) is 244 Å². The first-order valence-corrected chi connectivity index (χ1v) is 10.0. The third kappa shape index (κ3) is 9.47. The number of nitrogens with two attached hydrogens (primary N) is 1. The zero-order valence-electron chi connectivity index (χ0n) is 17.1. The molecule has 1 aliphatic heterocycles. The van der Waals surface area contributed by atoms with Crippen molar-refractivity contribution in [3.63, 3.8) is 0 Å². The first-order chi connectivity index (χ1) is 12.5. The third-order valence-electron chi connectivity index (χ3n) is 3.62. The molecule has 0 radical (unpaired) electrons. The van der Waals surface area contributed by atoms with Crippen molar-refractivity contribution in [2.75, 3.05) is 12.3 Å². The summed E-state index contributed by atoms with van der Waals surface area (Å²) in [4.78, 5) is 54.8. The fourth-order valence-corrected chi connectivity index (χ4v) is 3.42. The van der Waals surface area contributed by atoms with E-state index in [1.54, 1.807) is 0 Å². The molecule has 1 aliphatic rings. The minimum atomic E-state index is -5.59. The van der Waals surface area contributed by atoms with Gasteiger partial charge < -0.3 is 53.3 Å². The monoisotopic (exact) mass is 515 g/mol. The molecule has 2 aromatic heterocycles. The second-order valence-electron chi connectivity index (χ2n) is 5.40. The van der Waals surface area contributed by atoms with Crippen LogP contribution in [0.15, 0.2) is 12.7 Å². The number of aliphatic hydroxyl groups excluding tert-OH is 1. The molecule has 1 fully saturated rings. The van der Waals surface area contributed by atoms with E-state index in [0.29, 0.717) is 0 Å². The van der Waals surface area contributed by atoms with Gasteiger partial charge in [-0.2, -0.15) is 0 Å². The molecule has 0 bridgehead atoms. The van der Waals surface area contributed by atoms with Crippen LogP contribution in [0.4, 0.5) is 5.82 Å². The number of phosphoric acid groups is 2. The van der Waals surface area contributed by atoms with E-state index in [9.17, 15) is 33.8 Å². The van der Waals surface area contributed by atoms with Crippen molar-refractivity contribution in [1.82, 2.24) is 19.5 Å². The van der Waals surface area contributed by atoms with Crippen molar-refractivity contribution in [3.8, 4) is 0 Å². The summed E-state index contributed by atoms with van der Waals surface area (Å²) in [5.74, 6) is -0.00776. The largest absolute Gasteiger partial charge is 1.00 e. The molecule has 15 nitrogen and oxygen atoms in total. The van der Waals surface area contributed by atoms with Crippen molar-refractivity contribution in [3.05, 3.63) is 12.7 Å². The molecule has 150 valence electrons. The van der Waals surface area contributed by atoms with Crippen molar-refractivity contribution in [2.45, 2.75) is 24.5 Å². The number of nitrogen functional groups attached to an aromatic ring is 1. The molecule has 3 rings (SSSR count). The molecule has 4 atom stereocenters. The van der Waals surface area contributed by atoms with E-state index in [1.807, 2.05) is 0 Å². The Morgan fingerprint density at radius 2 is 1.71 bits per heavy atom. The molecule has 2 aromatic rings. The van der Waals surface area contributed by atoms with Gasteiger partial charge in [0.1, 0.15) is 30.2 Å². The number of hydrogen-bond donors (Lipinski definition) is 2. The molecule has 21 heteroatoms. The van der Waals surface area contributed by atoms with Crippen LogP contribution < -0.4 is 144 Å². The average Bonchev–Trinajstić information content (AvgIpc) is 3.07. The number of rotatable bonds is 6. The van der Waals surface area contributed by atoms with Crippen LogP contribution in [0, 0.1) is 0 Å². The van der Waals surface area contributed by atoms with Crippen molar-refractivity contribution >= 4 is 32.6 Å². The van der Waals surface area contributed by atoms with E-state index in [0.717, 1.165) is 17.2 Å². The fraction of sp³-hybridized carbons (Fsp3) is 0.500. The second-order valence-corrected chi connectivity index (χ2v) is 7.66. The summed E-state index contributed by atoms with van der Waals surface area (Å²) >= 11 is 0. The Balaban J connectivity index is 0. The number of imidazole rings is 1. The molecule has 3 heterocycles. The van der Waals surface area contributed by atoms with Gasteiger partial charge in [-0.1, -0.05) is 0 Å². The van der Waals surface area contributed by atoms with E-state index in [1.165, 1.54) is 0 Å². The van der Waals surface area contributed by atoms with Crippen molar-refractivity contribution in [2.24, 2.45) is 0 Å². The van der Waals surface area contributed by atoms with Gasteiger partial charge in [0.05, 0.1) is 28.6 Å². The summed E-state index contributed by atoms with van der Waals surface area (Å²) in [6.45, 7) is -0.937. The Bertz CT molecular complexity index is 943. The first-order valence-electron chi connectivity index (χ1n) is 7.10. The van der Waals surface area contributed by atoms with E-state index < -0.39 is 46.8 Å². The van der Waals surface area contributed by atoms with Crippen LogP contribution in [-0.2, 0) is 22.9 Å². The van der Waals surface area contributed by atoms with Gasteiger partial charge in [-0.3, -0.25) is 4.57 Å². The third-order valence-corrected chi connectivity index (χ3v) is 4.59. The molecular formula is C10H11N5Na4O10P2. The number of ether oxygens (including phenoxy) is 1. The van der Waals surface area contributed by atoms with Crippen LogP contribution in [0.2, 0.25) is 0 Å². The molecule has 0 saturated carbocycles. The van der Waals surface area contributed by atoms with E-state index in [4.69, 9.17) is 10.5 Å². The van der Waals surface area contributed by atoms with Gasteiger partial charge in [0, 0.05) is 0 Å². The van der Waals surface area contributed by atoms with Crippen LogP contribution in [0.25, 0.3) is 11.2 Å². The number of nitrogens with zero attached hydrogens (tertiary/aromatic N) is 4. The molecule has 3 N–H and O–H groups in total. The fourth-order valence-electron chi connectivity index (χ4n) is 2.56. The maximum absolute atomic E-state index is 11.0. The summed E-state index contributed by atoms with van der Waals surface area (Å²) in [6.07, 6.45) is -4.45. The van der Waals surface area contributed by atoms with E-state index in [-0.39, 0.29) is 135 Å². The van der Waals surface area contributed by atoms with Gasteiger partial charge in [-0.15, -0.1) is 0 Å². The van der Waals surface area contributed by atoms with Gasteiger partial charge in [0.15, 0.2) is 17.7 Å². The van der Waals surface area contributed by atoms with Crippen LogP contribution in [0.5, 0.6) is 0 Å². The minimum absolute atomic E-state index is 0. The summed E-state index contributed by atoms with van der Waals surface area (Å²) in [5, 5.41) is 10.2. The quantitative estimate of drug-likeness (QED) is 0.268. The molecule has 0 aliphatic carbocycles. The molecule has 0 unspecified atom stereocenters. The molecular weight excluding hydrogens is 504 g/mol. The number of phosphoric ester groups is 2. The van der Waals surface area contributed by atoms with Crippen LogP contribution >= 0.6 is 15.6 Å². The molecule has 0 aromatic carbocycles. The summed E-state index contributed by atoms with van der Waals surface area (Å²) in [5.41, 5.74) is 5.81. The van der Waals surface area contributed by atoms with Crippen molar-refractivity contribution < 1.29 is 166 Å². The molecule has 31 heavy (non-hydrogen) atoms. The smallest absolute Gasteiger partial charge is 0.790 e.